The zero-order valence-electron chi connectivity index (χ0n) is 28.7. The molecule has 46 heavy (non-hydrogen) atoms. The van der Waals surface area contributed by atoms with Crippen LogP contribution < -0.4 is 0 Å². The van der Waals surface area contributed by atoms with E-state index in [2.05, 4.69) is 54.5 Å². The maximum atomic E-state index is 13.0. The third-order valence-electron chi connectivity index (χ3n) is 15.0. The van der Waals surface area contributed by atoms with Crippen LogP contribution in [0.2, 0.25) is 0 Å². The number of hydrogen-bond donors (Lipinski definition) is 4. The van der Waals surface area contributed by atoms with E-state index in [1.54, 1.807) is 6.07 Å². The van der Waals surface area contributed by atoms with Crippen molar-refractivity contribution < 1.29 is 34.8 Å². The van der Waals surface area contributed by atoms with E-state index in [9.17, 15) is 30.0 Å². The Morgan fingerprint density at radius 3 is 2.33 bits per heavy atom. The second-order valence-corrected chi connectivity index (χ2v) is 17.1. The van der Waals surface area contributed by atoms with Gasteiger partial charge in [-0.1, -0.05) is 66.2 Å². The number of allylic oxidation sites excluding steroid dienone is 2. The minimum Gasteiger partial charge on any atom is -0.504 e. The fraction of sp³-hybridized carbons (Fsp3) is 0.692. The molecule has 0 amide bonds. The summed E-state index contributed by atoms with van der Waals surface area (Å²) in [5, 5.41) is 41.8. The molecule has 0 spiro atoms. The molecule has 0 radical (unpaired) electrons. The highest BCUT2D eigenvalue weighted by molar-refractivity contribution is 5.87. The average molecular weight is 635 g/mol. The van der Waals surface area contributed by atoms with Gasteiger partial charge in [-0.15, -0.1) is 0 Å². The summed E-state index contributed by atoms with van der Waals surface area (Å²) in [5.74, 6) is -0.237. The zero-order chi connectivity index (χ0) is 33.6. The highest BCUT2D eigenvalue weighted by Crippen LogP contribution is 2.75. The van der Waals surface area contributed by atoms with E-state index >= 15 is 0 Å². The number of phenolic OH excluding ortho intramolecular Hbond substituents is 2. The fourth-order valence-electron chi connectivity index (χ4n) is 12.2. The van der Waals surface area contributed by atoms with Crippen LogP contribution in [0.25, 0.3) is 6.08 Å². The van der Waals surface area contributed by atoms with Gasteiger partial charge in [-0.25, -0.2) is 4.79 Å². The summed E-state index contributed by atoms with van der Waals surface area (Å²) in [6, 6.07) is 4.33. The van der Waals surface area contributed by atoms with Crippen LogP contribution in [0.3, 0.4) is 0 Å². The molecule has 0 aliphatic heterocycles. The van der Waals surface area contributed by atoms with Gasteiger partial charge in [-0.05, 0) is 121 Å². The molecule has 4 N–H and O–H groups in total. The van der Waals surface area contributed by atoms with Crippen molar-refractivity contribution in [3.63, 3.8) is 0 Å². The Labute approximate surface area is 274 Å². The van der Waals surface area contributed by atoms with Gasteiger partial charge in [0.15, 0.2) is 11.5 Å². The van der Waals surface area contributed by atoms with E-state index in [1.165, 1.54) is 29.9 Å². The first-order valence-corrected chi connectivity index (χ1v) is 17.4. The lowest BCUT2D eigenvalue weighted by Gasteiger charge is -2.71. The van der Waals surface area contributed by atoms with Gasteiger partial charge >= 0.3 is 11.9 Å². The summed E-state index contributed by atoms with van der Waals surface area (Å²) in [7, 11) is 0. The molecule has 0 aromatic heterocycles. The summed E-state index contributed by atoms with van der Waals surface area (Å²) in [4.78, 5) is 26.0. The van der Waals surface area contributed by atoms with Crippen LogP contribution >= 0.6 is 0 Å². The third kappa shape index (κ3) is 4.53. The number of rotatable bonds is 4. The van der Waals surface area contributed by atoms with Crippen molar-refractivity contribution in [3.8, 4) is 11.5 Å². The molecular weight excluding hydrogens is 580 g/mol. The topological polar surface area (TPSA) is 124 Å². The number of carboxylic acids is 1. The van der Waals surface area contributed by atoms with Gasteiger partial charge < -0.3 is 25.2 Å². The number of phenols is 2. The number of carboxylic acid groups (broad SMARTS) is 1. The molecule has 6 rings (SSSR count). The van der Waals surface area contributed by atoms with Gasteiger partial charge in [0.05, 0.1) is 11.5 Å². The molecule has 0 unspecified atom stereocenters. The maximum Gasteiger partial charge on any atom is 0.331 e. The number of benzene rings is 1. The van der Waals surface area contributed by atoms with Crippen LogP contribution in [0, 0.1) is 56.7 Å². The van der Waals surface area contributed by atoms with Crippen molar-refractivity contribution in [3.05, 3.63) is 41.5 Å². The number of fused-ring (bicyclic) bond motifs is 7. The van der Waals surface area contributed by atoms with Gasteiger partial charge in [0, 0.05) is 11.5 Å². The number of aliphatic hydroxyl groups is 1. The molecule has 0 bridgehead atoms. The summed E-state index contributed by atoms with van der Waals surface area (Å²) in [6.07, 6.45) is 10.6. The predicted molar refractivity (Wildman–Crippen MR) is 177 cm³/mol. The first kappa shape index (κ1) is 33.1. The van der Waals surface area contributed by atoms with Gasteiger partial charge in [0.2, 0.25) is 0 Å². The molecule has 0 heterocycles. The molecule has 7 nitrogen and oxygen atoms in total. The van der Waals surface area contributed by atoms with Gasteiger partial charge in [0.1, 0.15) is 6.10 Å². The smallest absolute Gasteiger partial charge is 0.331 e. The monoisotopic (exact) mass is 634 g/mol. The van der Waals surface area contributed by atoms with Crippen molar-refractivity contribution in [1.82, 2.24) is 0 Å². The van der Waals surface area contributed by atoms with Crippen molar-refractivity contribution in [1.29, 1.82) is 0 Å². The number of carbonyl (C=O) groups is 2. The number of aliphatic hydroxyl groups excluding tert-OH is 1. The Morgan fingerprint density at radius 1 is 0.935 bits per heavy atom. The number of aromatic hydroxyl groups is 2. The van der Waals surface area contributed by atoms with Crippen molar-refractivity contribution >= 4 is 18.0 Å². The van der Waals surface area contributed by atoms with Crippen LogP contribution in [0.15, 0.2) is 35.9 Å². The van der Waals surface area contributed by atoms with E-state index in [0.29, 0.717) is 29.7 Å². The van der Waals surface area contributed by atoms with Crippen molar-refractivity contribution in [2.45, 2.75) is 112 Å². The summed E-state index contributed by atoms with van der Waals surface area (Å²) >= 11 is 0. The van der Waals surface area contributed by atoms with E-state index in [-0.39, 0.29) is 39.6 Å². The van der Waals surface area contributed by atoms with Gasteiger partial charge in [-0.2, -0.15) is 0 Å². The van der Waals surface area contributed by atoms with E-state index in [1.807, 2.05) is 0 Å². The molecule has 5 aliphatic rings. The third-order valence-corrected chi connectivity index (χ3v) is 15.0. The lowest BCUT2D eigenvalue weighted by atomic mass is 9.33. The SMILES string of the molecule is C[C@H]1[C@H](C)CC[C@]2(C(=O)O)CC[C@]3(C)C(=CC[C@@H]4[C@@]5(C)C[C@@H](O)[C@H](OC(=O)C=Cc6ccc(O)c(O)c6)C(C)(C)[C@@H]5CC[C@]43C)[C@H]12. The molecule has 4 saturated carbocycles. The van der Waals surface area contributed by atoms with Crippen LogP contribution in [-0.4, -0.2) is 44.6 Å². The normalized spacial score (nSPS) is 44.6. The molecule has 11 atom stereocenters. The summed E-state index contributed by atoms with van der Waals surface area (Å²) in [5.41, 5.74) is 0.479. The molecule has 7 heteroatoms. The number of hydrogen-bond acceptors (Lipinski definition) is 6. The van der Waals surface area contributed by atoms with E-state index in [0.717, 1.165) is 44.9 Å². The van der Waals surface area contributed by atoms with Gasteiger partial charge in [0.25, 0.3) is 0 Å². The van der Waals surface area contributed by atoms with Crippen molar-refractivity contribution in [2.24, 2.45) is 56.7 Å². The van der Waals surface area contributed by atoms with Crippen LogP contribution in [0.4, 0.5) is 0 Å². The standard InChI is InChI=1S/C39H54O7/c1-22-14-17-39(34(44)45)19-18-37(6)25(32(39)23(22)2)10-12-30-36(5)21-28(42)33(35(3,4)29(36)15-16-38(30,37)7)46-31(43)13-9-24-8-11-26(40)27(41)20-24/h8-11,13,20,22-23,28-30,32-33,40-42H,12,14-19,21H2,1-7H3,(H,44,45)/t22-,23+,28-,29+,30-,32+,33+,36+,37-,38-,39+/m1/s1. The van der Waals surface area contributed by atoms with E-state index in [4.69, 9.17) is 4.74 Å². The first-order valence-electron chi connectivity index (χ1n) is 17.4. The van der Waals surface area contributed by atoms with Gasteiger partial charge in [-0.3, -0.25) is 4.79 Å². The molecule has 252 valence electrons. The molecule has 5 aliphatic carbocycles. The largest absolute Gasteiger partial charge is 0.504 e. The first-order chi connectivity index (χ1) is 21.4. The lowest BCUT2D eigenvalue weighted by molar-refractivity contribution is -0.238. The molecule has 4 fully saturated rings. The Balaban J connectivity index is 1.29. The van der Waals surface area contributed by atoms with Crippen LogP contribution in [-0.2, 0) is 14.3 Å². The number of aliphatic carboxylic acids is 1. The second-order valence-electron chi connectivity index (χ2n) is 17.1. The average Bonchev–Trinajstić information content (AvgIpc) is 2.97. The molecule has 1 aromatic rings. The van der Waals surface area contributed by atoms with Crippen LogP contribution in [0.1, 0.15) is 105 Å². The molecular formula is C39H54O7. The maximum absolute atomic E-state index is 13.0. The quantitative estimate of drug-likeness (QED) is 0.116. The second kappa shape index (κ2) is 10.9. The minimum absolute atomic E-state index is 0.0366. The summed E-state index contributed by atoms with van der Waals surface area (Å²) < 4.78 is 6.01. The highest BCUT2D eigenvalue weighted by Gasteiger charge is 2.70. The van der Waals surface area contributed by atoms with Crippen molar-refractivity contribution in [2.75, 3.05) is 0 Å². The molecule has 0 saturated heterocycles. The van der Waals surface area contributed by atoms with Crippen LogP contribution in [0.5, 0.6) is 11.5 Å². The van der Waals surface area contributed by atoms with E-state index < -0.39 is 35.0 Å². The summed E-state index contributed by atoms with van der Waals surface area (Å²) in [6.45, 7) is 16.1. The molecule has 1 aromatic carbocycles. The minimum atomic E-state index is -0.822. The number of ether oxygens (including phenoxy) is 1. The Morgan fingerprint density at radius 2 is 1.65 bits per heavy atom. The fourth-order valence-corrected chi connectivity index (χ4v) is 12.2. The number of carbonyl (C=O) groups excluding carboxylic acids is 1. The Bertz CT molecular complexity index is 1480. The lowest BCUT2D eigenvalue weighted by Crippen LogP contribution is -2.67. The number of esters is 1. The Kier molecular flexibility index (Phi) is 7.82. The predicted octanol–water partition coefficient (Wildman–Crippen LogP) is 7.74. The zero-order valence-corrected chi connectivity index (χ0v) is 28.7. The Hall–Kier alpha value is -2.80. The highest BCUT2D eigenvalue weighted by atomic mass is 16.6.